The van der Waals surface area contributed by atoms with Crippen LogP contribution in [0, 0.1) is 6.92 Å². The Hall–Kier alpha value is -1.49. The summed E-state index contributed by atoms with van der Waals surface area (Å²) >= 11 is 0. The smallest absolute Gasteiger partial charge is 0.256 e. The molecule has 1 fully saturated rings. The van der Waals surface area contributed by atoms with Crippen LogP contribution < -0.4 is 5.32 Å². The normalized spacial score (nSPS) is 18.5. The fourth-order valence-electron chi connectivity index (χ4n) is 2.91. The lowest BCUT2D eigenvalue weighted by Gasteiger charge is -2.35. The molecule has 1 saturated heterocycles. The van der Waals surface area contributed by atoms with Crippen LogP contribution in [0.1, 0.15) is 54.9 Å². The van der Waals surface area contributed by atoms with Crippen molar-refractivity contribution < 1.29 is 4.79 Å². The first-order valence-electron chi connectivity index (χ1n) is 8.02. The molecule has 1 aromatic rings. The number of aromatic nitrogens is 2. The third-order valence-electron chi connectivity index (χ3n) is 3.99. The topological polar surface area (TPSA) is 58.1 Å². The number of nitrogens with one attached hydrogen (secondary N) is 1. The van der Waals surface area contributed by atoms with Crippen LogP contribution in [-0.4, -0.2) is 46.7 Å². The quantitative estimate of drug-likeness (QED) is 0.900. The van der Waals surface area contributed by atoms with E-state index in [1.54, 1.807) is 0 Å². The molecule has 1 aromatic heterocycles. The number of amides is 1. The molecule has 116 valence electrons. The zero-order chi connectivity index (χ0) is 15.2. The summed E-state index contributed by atoms with van der Waals surface area (Å²) in [5.74, 6) is 0.111. The van der Waals surface area contributed by atoms with E-state index in [4.69, 9.17) is 0 Å². The van der Waals surface area contributed by atoms with E-state index in [0.29, 0.717) is 6.04 Å². The molecule has 2 rings (SSSR count). The van der Waals surface area contributed by atoms with Gasteiger partial charge < -0.3 is 10.2 Å². The molecule has 0 aliphatic carbocycles. The van der Waals surface area contributed by atoms with E-state index in [1.165, 1.54) is 0 Å². The molecule has 1 amide bonds. The molecular formula is C16H26N4O. The number of nitrogens with zero attached hydrogens (tertiary/aromatic N) is 3. The summed E-state index contributed by atoms with van der Waals surface area (Å²) in [6.07, 6.45) is 3.92. The van der Waals surface area contributed by atoms with Gasteiger partial charge in [-0.05, 0) is 45.2 Å². The van der Waals surface area contributed by atoms with Crippen LogP contribution >= 0.6 is 0 Å². The predicted octanol–water partition coefficient (Wildman–Crippen LogP) is 1.95. The maximum Gasteiger partial charge on any atom is 0.256 e. The standard InChI is InChI=1S/C16H26N4O/c1-4-9-20(13-7-6-8-17-11-13)16(21)14-10-12(3)18-19-15(14)5-2/h10,13,17H,4-9,11H2,1-3H3. The van der Waals surface area contributed by atoms with Gasteiger partial charge in [0, 0.05) is 19.1 Å². The lowest BCUT2D eigenvalue weighted by molar-refractivity contribution is 0.0647. The summed E-state index contributed by atoms with van der Waals surface area (Å²) < 4.78 is 0. The van der Waals surface area contributed by atoms with Crippen molar-refractivity contribution in [2.24, 2.45) is 0 Å². The number of rotatable bonds is 5. The maximum atomic E-state index is 13.0. The van der Waals surface area contributed by atoms with Gasteiger partial charge in [-0.3, -0.25) is 4.79 Å². The Balaban J connectivity index is 2.27. The molecule has 1 atom stereocenters. The second-order valence-corrected chi connectivity index (χ2v) is 5.70. The number of hydrogen-bond acceptors (Lipinski definition) is 4. The largest absolute Gasteiger partial charge is 0.334 e. The van der Waals surface area contributed by atoms with E-state index in [-0.39, 0.29) is 5.91 Å². The molecule has 1 aliphatic heterocycles. The molecule has 0 aromatic carbocycles. The molecule has 0 saturated carbocycles. The first-order valence-corrected chi connectivity index (χ1v) is 8.02. The van der Waals surface area contributed by atoms with Gasteiger partial charge in [-0.25, -0.2) is 0 Å². The SMILES string of the molecule is CCCN(C(=O)c1cc(C)nnc1CC)C1CCCNC1. The molecular weight excluding hydrogens is 264 g/mol. The van der Waals surface area contributed by atoms with E-state index < -0.39 is 0 Å². The fraction of sp³-hybridized carbons (Fsp3) is 0.688. The molecule has 21 heavy (non-hydrogen) atoms. The van der Waals surface area contributed by atoms with E-state index in [1.807, 2.05) is 24.8 Å². The van der Waals surface area contributed by atoms with Crippen molar-refractivity contribution in [3.05, 3.63) is 23.0 Å². The molecule has 2 heterocycles. The lowest BCUT2D eigenvalue weighted by atomic mass is 10.0. The van der Waals surface area contributed by atoms with Crippen LogP contribution in [0.5, 0.6) is 0 Å². The third-order valence-corrected chi connectivity index (χ3v) is 3.99. The predicted molar refractivity (Wildman–Crippen MR) is 83.4 cm³/mol. The molecule has 5 nitrogen and oxygen atoms in total. The van der Waals surface area contributed by atoms with E-state index in [0.717, 1.165) is 62.3 Å². The van der Waals surface area contributed by atoms with Gasteiger partial charge in [0.15, 0.2) is 0 Å². The number of carbonyl (C=O) groups is 1. The average molecular weight is 290 g/mol. The summed E-state index contributed by atoms with van der Waals surface area (Å²) in [6.45, 7) is 8.77. The average Bonchev–Trinajstić information content (AvgIpc) is 2.52. The minimum absolute atomic E-state index is 0.111. The molecule has 1 unspecified atom stereocenters. The number of piperidine rings is 1. The minimum atomic E-state index is 0.111. The van der Waals surface area contributed by atoms with Crippen molar-refractivity contribution >= 4 is 5.91 Å². The van der Waals surface area contributed by atoms with Gasteiger partial charge in [-0.15, -0.1) is 0 Å². The van der Waals surface area contributed by atoms with Crippen molar-refractivity contribution in [1.29, 1.82) is 0 Å². The zero-order valence-corrected chi connectivity index (χ0v) is 13.4. The lowest BCUT2D eigenvalue weighted by Crippen LogP contribution is -2.49. The molecule has 1 aliphatic rings. The van der Waals surface area contributed by atoms with Crippen LogP contribution in [0.25, 0.3) is 0 Å². The van der Waals surface area contributed by atoms with Crippen molar-refractivity contribution in [3.63, 3.8) is 0 Å². The van der Waals surface area contributed by atoms with Crippen molar-refractivity contribution in [2.45, 2.75) is 52.5 Å². The van der Waals surface area contributed by atoms with E-state index >= 15 is 0 Å². The molecule has 0 spiro atoms. The zero-order valence-electron chi connectivity index (χ0n) is 13.4. The summed E-state index contributed by atoms with van der Waals surface area (Å²) in [4.78, 5) is 15.0. The second-order valence-electron chi connectivity index (χ2n) is 5.70. The number of hydrogen-bond donors (Lipinski definition) is 1. The van der Waals surface area contributed by atoms with Gasteiger partial charge in [0.25, 0.3) is 5.91 Å². The van der Waals surface area contributed by atoms with Gasteiger partial charge in [0.1, 0.15) is 0 Å². The highest BCUT2D eigenvalue weighted by atomic mass is 16.2. The summed E-state index contributed by atoms with van der Waals surface area (Å²) in [5, 5.41) is 11.7. The van der Waals surface area contributed by atoms with Crippen molar-refractivity contribution in [3.8, 4) is 0 Å². The van der Waals surface area contributed by atoms with E-state index in [9.17, 15) is 4.79 Å². The van der Waals surface area contributed by atoms with Crippen LogP contribution in [0.15, 0.2) is 6.07 Å². The Morgan fingerprint density at radius 1 is 1.43 bits per heavy atom. The third kappa shape index (κ3) is 3.79. The Kier molecular flexibility index (Phi) is 5.67. The van der Waals surface area contributed by atoms with Crippen molar-refractivity contribution in [2.75, 3.05) is 19.6 Å². The number of carbonyl (C=O) groups excluding carboxylic acids is 1. The Morgan fingerprint density at radius 3 is 2.86 bits per heavy atom. The summed E-state index contributed by atoms with van der Waals surface area (Å²) in [7, 11) is 0. The first-order chi connectivity index (χ1) is 10.2. The van der Waals surface area contributed by atoms with Crippen LogP contribution in [0.2, 0.25) is 0 Å². The number of aryl methyl sites for hydroxylation is 2. The summed E-state index contributed by atoms with van der Waals surface area (Å²) in [6, 6.07) is 2.18. The first kappa shape index (κ1) is 15.9. The molecule has 5 heteroatoms. The molecule has 0 bridgehead atoms. The highest BCUT2D eigenvalue weighted by Crippen LogP contribution is 2.17. The van der Waals surface area contributed by atoms with Crippen molar-refractivity contribution in [1.82, 2.24) is 20.4 Å². The monoisotopic (exact) mass is 290 g/mol. The van der Waals surface area contributed by atoms with Gasteiger partial charge in [0.05, 0.1) is 17.0 Å². The van der Waals surface area contributed by atoms with Gasteiger partial charge in [-0.2, -0.15) is 10.2 Å². The Bertz CT molecular complexity index is 483. The van der Waals surface area contributed by atoms with Crippen LogP contribution in [-0.2, 0) is 6.42 Å². The highest BCUT2D eigenvalue weighted by Gasteiger charge is 2.27. The molecule has 1 N–H and O–H groups in total. The minimum Gasteiger partial charge on any atom is -0.334 e. The molecule has 0 radical (unpaired) electrons. The fourth-order valence-corrected chi connectivity index (χ4v) is 2.91. The maximum absolute atomic E-state index is 13.0. The highest BCUT2D eigenvalue weighted by molar-refractivity contribution is 5.95. The Labute approximate surface area is 127 Å². The van der Waals surface area contributed by atoms with Gasteiger partial charge in [-0.1, -0.05) is 13.8 Å². The van der Waals surface area contributed by atoms with Gasteiger partial charge in [0.2, 0.25) is 0 Å². The van der Waals surface area contributed by atoms with Crippen LogP contribution in [0.4, 0.5) is 0 Å². The van der Waals surface area contributed by atoms with Crippen LogP contribution in [0.3, 0.4) is 0 Å². The van der Waals surface area contributed by atoms with E-state index in [2.05, 4.69) is 22.4 Å². The van der Waals surface area contributed by atoms with Gasteiger partial charge >= 0.3 is 0 Å². The second kappa shape index (κ2) is 7.50. The Morgan fingerprint density at radius 2 is 2.24 bits per heavy atom. The summed E-state index contributed by atoms with van der Waals surface area (Å²) in [5.41, 5.74) is 2.33.